The van der Waals surface area contributed by atoms with Crippen LogP contribution in [0.2, 0.25) is 0 Å². The zero-order chi connectivity index (χ0) is 26.1. The first-order valence-electron chi connectivity index (χ1n) is 11.9. The second-order valence-electron chi connectivity index (χ2n) is 8.62. The van der Waals surface area contributed by atoms with Crippen LogP contribution in [0.5, 0.6) is 0 Å². The van der Waals surface area contributed by atoms with Crippen molar-refractivity contribution in [1.29, 1.82) is 0 Å². The first-order valence-corrected chi connectivity index (χ1v) is 12.8. The van der Waals surface area contributed by atoms with E-state index in [9.17, 15) is 4.79 Å². The third-order valence-electron chi connectivity index (χ3n) is 6.11. The van der Waals surface area contributed by atoms with Gasteiger partial charge in [0.25, 0.3) is 5.91 Å². The highest BCUT2D eigenvalue weighted by Gasteiger charge is 2.24. The fourth-order valence-corrected chi connectivity index (χ4v) is 5.14. The summed E-state index contributed by atoms with van der Waals surface area (Å²) >= 11 is 1.52. The lowest BCUT2D eigenvalue weighted by Crippen LogP contribution is -2.28. The van der Waals surface area contributed by atoms with E-state index in [1.807, 2.05) is 54.8 Å². The van der Waals surface area contributed by atoms with Gasteiger partial charge in [-0.25, -0.2) is 14.5 Å². The van der Waals surface area contributed by atoms with Crippen LogP contribution < -0.4 is 11.1 Å². The summed E-state index contributed by atoms with van der Waals surface area (Å²) in [6.45, 7) is 1.91. The van der Waals surface area contributed by atoms with Crippen molar-refractivity contribution in [1.82, 2.24) is 29.9 Å². The number of nitrogen functional groups attached to an aromatic ring is 1. The minimum Gasteiger partial charge on any atom is -0.381 e. The van der Waals surface area contributed by atoms with Crippen molar-refractivity contribution in [3.05, 3.63) is 107 Å². The van der Waals surface area contributed by atoms with E-state index in [0.717, 1.165) is 38.2 Å². The molecule has 184 valence electrons. The molecule has 6 aromatic rings. The summed E-state index contributed by atoms with van der Waals surface area (Å²) in [7, 11) is 0. The number of rotatable bonds is 4. The molecule has 5 aromatic heterocycles. The molecular weight excluding hydrogens is 494 g/mol. The van der Waals surface area contributed by atoms with E-state index in [-0.39, 0.29) is 17.3 Å². The highest BCUT2D eigenvalue weighted by atomic mass is 32.1. The lowest BCUT2D eigenvalue weighted by Gasteiger charge is -2.18. The lowest BCUT2D eigenvalue weighted by molar-refractivity contribution is 0.0941. The number of carbonyl (C=O) groups excluding carboxylic acids is 1. The van der Waals surface area contributed by atoms with Crippen molar-refractivity contribution >= 4 is 38.9 Å². The largest absolute Gasteiger partial charge is 0.381 e. The summed E-state index contributed by atoms with van der Waals surface area (Å²) in [5.74, 6) is 6.24. The fourth-order valence-electron chi connectivity index (χ4n) is 4.28. The van der Waals surface area contributed by atoms with Crippen LogP contribution in [0.25, 0.3) is 27.0 Å². The Labute approximate surface area is 222 Å². The number of hydrogen-bond acceptors (Lipinski definition) is 7. The minimum absolute atomic E-state index is 0.121. The predicted molar refractivity (Wildman–Crippen MR) is 149 cm³/mol. The molecule has 0 spiro atoms. The number of amides is 1. The zero-order valence-corrected chi connectivity index (χ0v) is 21.1. The predicted octanol–water partition coefficient (Wildman–Crippen LogP) is 4.87. The molecular formula is C29H21N7OS. The summed E-state index contributed by atoms with van der Waals surface area (Å²) in [5, 5.41) is 10.2. The molecule has 0 aliphatic rings. The van der Waals surface area contributed by atoms with Gasteiger partial charge in [-0.05, 0) is 36.8 Å². The van der Waals surface area contributed by atoms with E-state index in [1.165, 1.54) is 15.9 Å². The first kappa shape index (κ1) is 23.3. The third kappa shape index (κ3) is 4.34. The molecule has 9 heteroatoms. The number of anilines is 1. The number of carbonyl (C=O) groups is 1. The van der Waals surface area contributed by atoms with E-state index in [1.54, 1.807) is 30.9 Å². The molecule has 1 aromatic carbocycles. The van der Waals surface area contributed by atoms with E-state index in [2.05, 4.69) is 38.3 Å². The van der Waals surface area contributed by atoms with Crippen molar-refractivity contribution in [2.45, 2.75) is 13.0 Å². The standard InChI is InChI=1S/C29H21N7OS/c1-18(33-28(37)24-26(30)35-36-15-5-12-32-27(24)36)25-22(20-6-3-2-4-7-20)16-23-21(17-38-29(23)34-25)9-8-19-10-13-31-14-11-19/h2-7,10-18H,1H3,(H2,30,35)(H,33,37)/t18-/m0/s1. The normalized spacial score (nSPS) is 11.7. The van der Waals surface area contributed by atoms with E-state index >= 15 is 0 Å². The second-order valence-corrected chi connectivity index (χ2v) is 9.48. The first-order chi connectivity index (χ1) is 18.6. The Hall–Kier alpha value is -5.07. The molecule has 5 heterocycles. The molecule has 38 heavy (non-hydrogen) atoms. The van der Waals surface area contributed by atoms with Crippen LogP contribution in [0.4, 0.5) is 5.82 Å². The number of fused-ring (bicyclic) bond motifs is 2. The Morgan fingerprint density at radius 2 is 1.89 bits per heavy atom. The van der Waals surface area contributed by atoms with Crippen LogP contribution in [0.1, 0.15) is 40.1 Å². The highest BCUT2D eigenvalue weighted by molar-refractivity contribution is 7.17. The number of nitrogens with one attached hydrogen (secondary N) is 1. The average molecular weight is 516 g/mol. The van der Waals surface area contributed by atoms with Crippen LogP contribution in [-0.2, 0) is 0 Å². The van der Waals surface area contributed by atoms with Gasteiger partial charge in [0.1, 0.15) is 10.4 Å². The highest BCUT2D eigenvalue weighted by Crippen LogP contribution is 2.34. The SMILES string of the molecule is C[C@H](NC(=O)c1c(N)nn2cccnc12)c1nc2scc(C#Cc3ccncc3)c2cc1-c1ccccc1. The van der Waals surface area contributed by atoms with Crippen LogP contribution in [0, 0.1) is 11.8 Å². The molecule has 6 rings (SSSR count). The molecule has 0 aliphatic heterocycles. The van der Waals surface area contributed by atoms with E-state index in [0.29, 0.717) is 5.65 Å². The number of benzene rings is 1. The molecule has 1 amide bonds. The number of nitrogens with two attached hydrogens (primary N) is 1. The van der Waals surface area contributed by atoms with Crippen molar-refractivity contribution in [2.75, 3.05) is 5.73 Å². The van der Waals surface area contributed by atoms with Gasteiger partial charge in [-0.2, -0.15) is 0 Å². The van der Waals surface area contributed by atoms with Gasteiger partial charge < -0.3 is 11.1 Å². The maximum absolute atomic E-state index is 13.3. The maximum Gasteiger partial charge on any atom is 0.259 e. The van der Waals surface area contributed by atoms with Crippen molar-refractivity contribution in [3.8, 4) is 23.0 Å². The topological polar surface area (TPSA) is 111 Å². The summed E-state index contributed by atoms with van der Waals surface area (Å²) < 4.78 is 1.49. The van der Waals surface area contributed by atoms with E-state index in [4.69, 9.17) is 10.7 Å². The lowest BCUT2D eigenvalue weighted by atomic mass is 9.98. The van der Waals surface area contributed by atoms with Crippen LogP contribution in [-0.4, -0.2) is 30.5 Å². The van der Waals surface area contributed by atoms with Crippen LogP contribution in [0.3, 0.4) is 0 Å². The van der Waals surface area contributed by atoms with Crippen LogP contribution in [0.15, 0.2) is 84.8 Å². The van der Waals surface area contributed by atoms with Gasteiger partial charge in [-0.3, -0.25) is 9.78 Å². The van der Waals surface area contributed by atoms with Crippen molar-refractivity contribution in [3.63, 3.8) is 0 Å². The van der Waals surface area contributed by atoms with Gasteiger partial charge >= 0.3 is 0 Å². The monoisotopic (exact) mass is 515 g/mol. The summed E-state index contributed by atoms with van der Waals surface area (Å²) in [4.78, 5) is 27.5. The maximum atomic E-state index is 13.3. The van der Waals surface area contributed by atoms with E-state index < -0.39 is 6.04 Å². The molecule has 0 radical (unpaired) electrons. The number of aromatic nitrogens is 5. The van der Waals surface area contributed by atoms with Gasteiger partial charge in [-0.15, -0.1) is 16.4 Å². The molecule has 0 aliphatic carbocycles. The summed E-state index contributed by atoms with van der Waals surface area (Å²) in [6.07, 6.45) is 6.76. The minimum atomic E-state index is -0.423. The Bertz CT molecular complexity index is 1850. The van der Waals surface area contributed by atoms with Gasteiger partial charge in [0.05, 0.1) is 11.7 Å². The number of pyridine rings is 2. The Morgan fingerprint density at radius 3 is 2.71 bits per heavy atom. The summed E-state index contributed by atoms with van der Waals surface area (Å²) in [5.41, 5.74) is 11.2. The molecule has 3 N–H and O–H groups in total. The van der Waals surface area contributed by atoms with Crippen molar-refractivity contribution in [2.24, 2.45) is 0 Å². The number of thiophene rings is 1. The molecule has 1 atom stereocenters. The molecule has 0 unspecified atom stereocenters. The molecule has 0 bridgehead atoms. The third-order valence-corrected chi connectivity index (χ3v) is 7.00. The Balaban J connectivity index is 1.41. The summed E-state index contributed by atoms with van der Waals surface area (Å²) in [6, 6.07) is 17.2. The van der Waals surface area contributed by atoms with Crippen molar-refractivity contribution < 1.29 is 4.79 Å². The Morgan fingerprint density at radius 1 is 1.08 bits per heavy atom. The zero-order valence-electron chi connectivity index (χ0n) is 20.3. The quantitative estimate of drug-likeness (QED) is 0.324. The van der Waals surface area contributed by atoms with Gasteiger partial charge in [0.15, 0.2) is 11.5 Å². The number of nitrogens with zero attached hydrogens (tertiary/aromatic N) is 5. The van der Waals surface area contributed by atoms with Gasteiger partial charge in [-0.1, -0.05) is 42.2 Å². The Kier molecular flexibility index (Phi) is 6.00. The van der Waals surface area contributed by atoms with Crippen LogP contribution >= 0.6 is 11.3 Å². The van der Waals surface area contributed by atoms with Gasteiger partial charge in [0.2, 0.25) is 0 Å². The molecule has 8 nitrogen and oxygen atoms in total. The molecule has 0 fully saturated rings. The average Bonchev–Trinajstić information content (AvgIpc) is 3.51. The molecule has 0 saturated carbocycles. The molecule has 0 saturated heterocycles. The fraction of sp³-hybridized carbons (Fsp3) is 0.0690. The number of hydrogen-bond donors (Lipinski definition) is 2. The second kappa shape index (κ2) is 9.76. The van der Waals surface area contributed by atoms with Gasteiger partial charge in [0, 0.05) is 52.2 Å². The smallest absolute Gasteiger partial charge is 0.259 e.